The van der Waals surface area contributed by atoms with Gasteiger partial charge >= 0.3 is 0 Å². The number of aryl methyl sites for hydroxylation is 1. The standard InChI is InChI=1S/C14H23N3O3S/c1-3-17-8-12(6-15-17)7-16-10-14(11-16)13(9-20-2)4-5-21(14,18)19/h6,8,13H,3-5,7,9-11H2,1-2H3. The minimum absolute atomic E-state index is 0.141. The van der Waals surface area contributed by atoms with Crippen LogP contribution in [0.25, 0.3) is 0 Å². The van der Waals surface area contributed by atoms with Crippen molar-refractivity contribution >= 4 is 9.84 Å². The predicted octanol–water partition coefficient (Wildman–Crippen LogP) is 0.539. The summed E-state index contributed by atoms with van der Waals surface area (Å²) in [6.45, 7) is 5.48. The summed E-state index contributed by atoms with van der Waals surface area (Å²) in [5, 5.41) is 4.26. The molecule has 0 amide bonds. The van der Waals surface area contributed by atoms with Crippen molar-refractivity contribution in [1.29, 1.82) is 0 Å². The van der Waals surface area contributed by atoms with Crippen molar-refractivity contribution in [3.63, 3.8) is 0 Å². The zero-order chi connectivity index (χ0) is 15.1. The van der Waals surface area contributed by atoms with E-state index < -0.39 is 14.6 Å². The lowest BCUT2D eigenvalue weighted by atomic mass is 9.83. The molecule has 1 unspecified atom stereocenters. The average molecular weight is 313 g/mol. The number of ether oxygens (including phenoxy) is 1. The van der Waals surface area contributed by atoms with Crippen LogP contribution in [0.3, 0.4) is 0 Å². The Labute approximate surface area is 126 Å². The van der Waals surface area contributed by atoms with Crippen molar-refractivity contribution in [2.45, 2.75) is 31.2 Å². The molecule has 3 rings (SSSR count). The summed E-state index contributed by atoms with van der Waals surface area (Å²) in [6, 6.07) is 0. The first kappa shape index (κ1) is 15.0. The molecule has 2 fully saturated rings. The normalized spacial score (nSPS) is 27.0. The topological polar surface area (TPSA) is 64.4 Å². The van der Waals surface area contributed by atoms with Crippen LogP contribution in [0.1, 0.15) is 18.9 Å². The average Bonchev–Trinajstić information content (AvgIpc) is 2.95. The van der Waals surface area contributed by atoms with E-state index in [-0.39, 0.29) is 5.92 Å². The van der Waals surface area contributed by atoms with Gasteiger partial charge in [-0.1, -0.05) is 0 Å². The van der Waals surface area contributed by atoms with E-state index in [1.807, 2.05) is 17.1 Å². The van der Waals surface area contributed by atoms with Crippen LogP contribution in [0.4, 0.5) is 0 Å². The van der Waals surface area contributed by atoms with Crippen LogP contribution < -0.4 is 0 Å². The Balaban J connectivity index is 1.67. The zero-order valence-electron chi connectivity index (χ0n) is 12.7. The monoisotopic (exact) mass is 313 g/mol. The third kappa shape index (κ3) is 2.41. The molecule has 21 heavy (non-hydrogen) atoms. The minimum Gasteiger partial charge on any atom is -0.384 e. The molecule has 2 aliphatic rings. The molecule has 2 aliphatic heterocycles. The molecule has 0 saturated carbocycles. The van der Waals surface area contributed by atoms with Crippen LogP contribution in [0.2, 0.25) is 0 Å². The van der Waals surface area contributed by atoms with Gasteiger partial charge in [0.05, 0.1) is 18.6 Å². The van der Waals surface area contributed by atoms with Gasteiger partial charge < -0.3 is 4.74 Å². The van der Waals surface area contributed by atoms with Crippen molar-refractivity contribution in [3.05, 3.63) is 18.0 Å². The fourth-order valence-electron chi connectivity index (χ4n) is 3.65. The third-order valence-corrected chi connectivity index (χ3v) is 7.47. The molecular formula is C14H23N3O3S. The molecule has 2 saturated heterocycles. The van der Waals surface area contributed by atoms with Gasteiger partial charge in [0.15, 0.2) is 9.84 Å². The summed E-state index contributed by atoms with van der Waals surface area (Å²) >= 11 is 0. The van der Waals surface area contributed by atoms with Gasteiger partial charge in [0, 0.05) is 51.0 Å². The fourth-order valence-corrected chi connectivity index (χ4v) is 6.10. The molecule has 0 radical (unpaired) electrons. The molecule has 0 aromatic carbocycles. The Bertz CT molecular complexity index is 605. The molecule has 1 atom stereocenters. The molecule has 1 aromatic heterocycles. The summed E-state index contributed by atoms with van der Waals surface area (Å²) in [5.41, 5.74) is 1.14. The van der Waals surface area contributed by atoms with Crippen molar-refractivity contribution in [2.75, 3.05) is 32.6 Å². The second-order valence-corrected chi connectivity index (χ2v) is 8.62. The van der Waals surface area contributed by atoms with Crippen LogP contribution in [0.5, 0.6) is 0 Å². The number of sulfone groups is 1. The van der Waals surface area contributed by atoms with E-state index in [1.165, 1.54) is 0 Å². The number of aromatic nitrogens is 2. The van der Waals surface area contributed by atoms with Gasteiger partial charge in [-0.3, -0.25) is 9.58 Å². The lowest BCUT2D eigenvalue weighted by molar-refractivity contribution is 0.0411. The second-order valence-electron chi connectivity index (χ2n) is 6.17. The van der Waals surface area contributed by atoms with Gasteiger partial charge in [-0.2, -0.15) is 5.10 Å². The number of likely N-dealkylation sites (tertiary alicyclic amines) is 1. The van der Waals surface area contributed by atoms with Crippen LogP contribution >= 0.6 is 0 Å². The van der Waals surface area contributed by atoms with Crippen molar-refractivity contribution < 1.29 is 13.2 Å². The first-order valence-electron chi connectivity index (χ1n) is 7.45. The Morgan fingerprint density at radius 2 is 2.24 bits per heavy atom. The molecule has 1 spiro atoms. The lowest BCUT2D eigenvalue weighted by Gasteiger charge is -2.49. The number of rotatable bonds is 5. The maximum atomic E-state index is 12.4. The molecule has 0 aliphatic carbocycles. The van der Waals surface area contributed by atoms with Crippen molar-refractivity contribution in [3.8, 4) is 0 Å². The number of nitrogens with zero attached hydrogens (tertiary/aromatic N) is 3. The SMILES string of the molecule is CCn1cc(CN2CC3(C2)C(COC)CCS3(=O)=O)cn1. The molecule has 0 bridgehead atoms. The lowest BCUT2D eigenvalue weighted by Crippen LogP contribution is -2.67. The van der Waals surface area contributed by atoms with Gasteiger partial charge in [0.25, 0.3) is 0 Å². The van der Waals surface area contributed by atoms with Crippen LogP contribution in [0.15, 0.2) is 12.4 Å². The molecule has 6 nitrogen and oxygen atoms in total. The van der Waals surface area contributed by atoms with Crippen LogP contribution in [-0.4, -0.2) is 60.4 Å². The quantitative estimate of drug-likeness (QED) is 0.794. The number of hydrogen-bond acceptors (Lipinski definition) is 5. The molecular weight excluding hydrogens is 290 g/mol. The molecule has 118 valence electrons. The van der Waals surface area contributed by atoms with Crippen molar-refractivity contribution in [2.24, 2.45) is 5.92 Å². The van der Waals surface area contributed by atoms with E-state index in [9.17, 15) is 8.42 Å². The van der Waals surface area contributed by atoms with E-state index >= 15 is 0 Å². The van der Waals surface area contributed by atoms with E-state index in [1.54, 1.807) is 7.11 Å². The van der Waals surface area contributed by atoms with Gasteiger partial charge in [-0.25, -0.2) is 8.42 Å². The zero-order valence-corrected chi connectivity index (χ0v) is 13.5. The minimum atomic E-state index is -2.99. The largest absolute Gasteiger partial charge is 0.384 e. The Morgan fingerprint density at radius 3 is 2.86 bits per heavy atom. The first-order valence-corrected chi connectivity index (χ1v) is 9.11. The van der Waals surface area contributed by atoms with E-state index in [0.29, 0.717) is 25.4 Å². The van der Waals surface area contributed by atoms with Gasteiger partial charge in [0.1, 0.15) is 4.75 Å². The summed E-state index contributed by atoms with van der Waals surface area (Å²) in [5.74, 6) is 0.449. The Morgan fingerprint density at radius 1 is 1.48 bits per heavy atom. The highest BCUT2D eigenvalue weighted by Crippen LogP contribution is 2.45. The smallest absolute Gasteiger partial charge is 0.158 e. The van der Waals surface area contributed by atoms with E-state index in [2.05, 4.69) is 16.9 Å². The molecule has 0 N–H and O–H groups in total. The molecule has 3 heterocycles. The van der Waals surface area contributed by atoms with Crippen molar-refractivity contribution in [1.82, 2.24) is 14.7 Å². The van der Waals surface area contributed by atoms with E-state index in [0.717, 1.165) is 25.1 Å². The Kier molecular flexibility index (Phi) is 3.83. The molecule has 1 aromatic rings. The van der Waals surface area contributed by atoms with E-state index in [4.69, 9.17) is 4.74 Å². The highest BCUT2D eigenvalue weighted by molar-refractivity contribution is 7.93. The summed E-state index contributed by atoms with van der Waals surface area (Å²) in [4.78, 5) is 2.20. The maximum Gasteiger partial charge on any atom is 0.158 e. The third-order valence-electron chi connectivity index (χ3n) is 4.87. The first-order chi connectivity index (χ1) is 10.0. The highest BCUT2D eigenvalue weighted by atomic mass is 32.2. The summed E-state index contributed by atoms with van der Waals surface area (Å²) < 4.78 is 31.4. The van der Waals surface area contributed by atoms with Crippen LogP contribution in [0, 0.1) is 5.92 Å². The summed E-state index contributed by atoms with van der Waals surface area (Å²) in [6.07, 6.45) is 4.63. The highest BCUT2D eigenvalue weighted by Gasteiger charge is 2.61. The second kappa shape index (κ2) is 5.37. The Hall–Kier alpha value is -0.920. The van der Waals surface area contributed by atoms with Crippen LogP contribution in [-0.2, 0) is 27.7 Å². The number of methoxy groups -OCH3 is 1. The van der Waals surface area contributed by atoms with Gasteiger partial charge in [0.2, 0.25) is 0 Å². The van der Waals surface area contributed by atoms with Gasteiger partial charge in [-0.05, 0) is 13.3 Å². The maximum absolute atomic E-state index is 12.4. The predicted molar refractivity (Wildman–Crippen MR) is 79.7 cm³/mol. The summed E-state index contributed by atoms with van der Waals surface area (Å²) in [7, 11) is -1.34. The number of hydrogen-bond donors (Lipinski definition) is 0. The molecule has 7 heteroatoms. The van der Waals surface area contributed by atoms with Gasteiger partial charge in [-0.15, -0.1) is 0 Å². The fraction of sp³-hybridized carbons (Fsp3) is 0.786.